The summed E-state index contributed by atoms with van der Waals surface area (Å²) in [4.78, 5) is 28.2. The summed E-state index contributed by atoms with van der Waals surface area (Å²) in [5.41, 5.74) is 1.39. The van der Waals surface area contributed by atoms with Gasteiger partial charge < -0.3 is 24.6 Å². The minimum Gasteiger partial charge on any atom is -0.497 e. The summed E-state index contributed by atoms with van der Waals surface area (Å²) in [6.07, 6.45) is 0.680. The molecule has 3 rings (SSSR count). The molecule has 0 radical (unpaired) electrons. The Morgan fingerprint density at radius 3 is 2.50 bits per heavy atom. The molecule has 30 heavy (non-hydrogen) atoms. The van der Waals surface area contributed by atoms with E-state index >= 15 is 0 Å². The number of ether oxygens (including phenoxy) is 3. The summed E-state index contributed by atoms with van der Waals surface area (Å²) >= 11 is 1.22. The average molecular weight is 428 g/mol. The van der Waals surface area contributed by atoms with E-state index in [1.54, 1.807) is 55.7 Å². The number of amidine groups is 1. The minimum absolute atomic E-state index is 0.258. The largest absolute Gasteiger partial charge is 0.497 e. The molecule has 1 heterocycles. The van der Waals surface area contributed by atoms with E-state index in [4.69, 9.17) is 19.3 Å². The van der Waals surface area contributed by atoms with Crippen molar-refractivity contribution < 1.29 is 28.9 Å². The molecule has 9 heteroatoms. The Labute approximate surface area is 177 Å². The number of benzene rings is 2. The Morgan fingerprint density at radius 2 is 1.87 bits per heavy atom. The van der Waals surface area contributed by atoms with Gasteiger partial charge >= 0.3 is 5.97 Å². The average Bonchev–Trinajstić information content (AvgIpc) is 3.08. The van der Waals surface area contributed by atoms with Crippen LogP contribution in [0.15, 0.2) is 52.4 Å². The summed E-state index contributed by atoms with van der Waals surface area (Å²) < 4.78 is 15.8. The summed E-state index contributed by atoms with van der Waals surface area (Å²) in [5, 5.41) is 12.2. The molecule has 2 aromatic carbocycles. The number of aliphatic carboxylic acids is 1. The number of carbonyl (C=O) groups excluding carboxylic acids is 1. The van der Waals surface area contributed by atoms with E-state index in [1.807, 2.05) is 0 Å². The van der Waals surface area contributed by atoms with E-state index < -0.39 is 12.1 Å². The maximum absolute atomic E-state index is 12.3. The Morgan fingerprint density at radius 1 is 1.13 bits per heavy atom. The lowest BCUT2D eigenvalue weighted by Gasteiger charge is -2.14. The van der Waals surface area contributed by atoms with E-state index in [1.165, 1.54) is 25.8 Å². The Balaban J connectivity index is 1.78. The number of hydrogen-bond acceptors (Lipinski definition) is 7. The van der Waals surface area contributed by atoms with Crippen LogP contribution in [0, 0.1) is 0 Å². The van der Waals surface area contributed by atoms with Crippen LogP contribution in [0.4, 0.5) is 5.69 Å². The zero-order valence-corrected chi connectivity index (χ0v) is 17.4. The second-order valence-electron chi connectivity index (χ2n) is 6.19. The van der Waals surface area contributed by atoms with Crippen LogP contribution in [0.5, 0.6) is 17.2 Å². The van der Waals surface area contributed by atoms with Gasteiger partial charge in [-0.05, 0) is 66.7 Å². The zero-order chi connectivity index (χ0) is 21.7. The predicted octanol–water partition coefficient (Wildman–Crippen LogP) is 3.45. The van der Waals surface area contributed by atoms with E-state index in [-0.39, 0.29) is 5.91 Å². The molecule has 1 amide bonds. The zero-order valence-electron chi connectivity index (χ0n) is 16.5. The van der Waals surface area contributed by atoms with E-state index in [2.05, 4.69) is 10.3 Å². The van der Waals surface area contributed by atoms with Gasteiger partial charge in [0, 0.05) is 0 Å². The van der Waals surface area contributed by atoms with Gasteiger partial charge in [0.05, 0.1) is 24.8 Å². The first-order chi connectivity index (χ1) is 14.4. The topological polar surface area (TPSA) is 106 Å². The van der Waals surface area contributed by atoms with Crippen LogP contribution in [0.25, 0.3) is 6.08 Å². The molecule has 8 nitrogen and oxygen atoms in total. The van der Waals surface area contributed by atoms with Crippen molar-refractivity contribution in [3.05, 3.63) is 52.9 Å². The van der Waals surface area contributed by atoms with Crippen molar-refractivity contribution in [3.63, 3.8) is 0 Å². The molecule has 2 aromatic rings. The highest BCUT2D eigenvalue weighted by Gasteiger charge is 2.24. The number of carboxylic acids is 1. The summed E-state index contributed by atoms with van der Waals surface area (Å²) in [6.45, 7) is 1.43. The fourth-order valence-corrected chi connectivity index (χ4v) is 3.36. The van der Waals surface area contributed by atoms with E-state index in [9.17, 15) is 9.59 Å². The molecular weight excluding hydrogens is 408 g/mol. The third-order valence-corrected chi connectivity index (χ3v) is 5.00. The Hall–Kier alpha value is -3.46. The van der Waals surface area contributed by atoms with Crippen molar-refractivity contribution in [2.75, 3.05) is 14.2 Å². The molecule has 0 aliphatic carbocycles. The number of rotatable bonds is 7. The van der Waals surface area contributed by atoms with Gasteiger partial charge in [-0.15, -0.1) is 0 Å². The summed E-state index contributed by atoms with van der Waals surface area (Å²) in [6, 6.07) is 12.2. The molecule has 0 unspecified atom stereocenters. The van der Waals surface area contributed by atoms with Crippen LogP contribution in [-0.4, -0.2) is 42.5 Å². The predicted molar refractivity (Wildman–Crippen MR) is 115 cm³/mol. The lowest BCUT2D eigenvalue weighted by molar-refractivity contribution is -0.144. The van der Waals surface area contributed by atoms with Gasteiger partial charge in [-0.2, -0.15) is 0 Å². The Kier molecular flexibility index (Phi) is 6.63. The number of carboxylic acid groups (broad SMARTS) is 1. The first-order valence-corrected chi connectivity index (χ1v) is 9.72. The SMILES string of the molecule is COc1ccc(N=C2NC(=O)/C(=C/c3ccc(O[C@H](C)C(=O)O)c(OC)c3)S2)cc1. The molecule has 0 bridgehead atoms. The third kappa shape index (κ3) is 5.12. The smallest absolute Gasteiger partial charge is 0.344 e. The van der Waals surface area contributed by atoms with Gasteiger partial charge in [0.2, 0.25) is 0 Å². The highest BCUT2D eigenvalue weighted by atomic mass is 32.2. The normalized spacial score (nSPS) is 17.0. The fraction of sp³-hybridized carbons (Fsp3) is 0.190. The lowest BCUT2D eigenvalue weighted by atomic mass is 10.2. The van der Waals surface area contributed by atoms with Crippen LogP contribution in [0.3, 0.4) is 0 Å². The highest BCUT2D eigenvalue weighted by molar-refractivity contribution is 8.18. The van der Waals surface area contributed by atoms with Crippen molar-refractivity contribution in [2.45, 2.75) is 13.0 Å². The minimum atomic E-state index is -1.08. The van der Waals surface area contributed by atoms with E-state index in [0.29, 0.717) is 32.8 Å². The quantitative estimate of drug-likeness (QED) is 0.651. The molecule has 156 valence electrons. The van der Waals surface area contributed by atoms with Crippen molar-refractivity contribution >= 4 is 40.6 Å². The van der Waals surface area contributed by atoms with Gasteiger partial charge in [0.25, 0.3) is 5.91 Å². The van der Waals surface area contributed by atoms with Crippen LogP contribution < -0.4 is 19.5 Å². The highest BCUT2D eigenvalue weighted by Crippen LogP contribution is 2.33. The molecular formula is C21H20N2O6S. The Bertz CT molecular complexity index is 1020. The van der Waals surface area contributed by atoms with Gasteiger partial charge in [-0.25, -0.2) is 9.79 Å². The van der Waals surface area contributed by atoms with Crippen LogP contribution in [0.2, 0.25) is 0 Å². The first-order valence-electron chi connectivity index (χ1n) is 8.90. The number of amides is 1. The second kappa shape index (κ2) is 9.36. The molecule has 1 aliphatic rings. The summed E-state index contributed by atoms with van der Waals surface area (Å²) in [7, 11) is 3.05. The third-order valence-electron chi connectivity index (χ3n) is 4.09. The molecule has 1 atom stereocenters. The maximum atomic E-state index is 12.3. The van der Waals surface area contributed by atoms with Gasteiger partial charge in [-0.1, -0.05) is 6.07 Å². The molecule has 0 saturated carbocycles. The molecule has 1 aliphatic heterocycles. The molecule has 1 fully saturated rings. The van der Waals surface area contributed by atoms with Crippen molar-refractivity contribution in [2.24, 2.45) is 4.99 Å². The number of thioether (sulfide) groups is 1. The second-order valence-corrected chi connectivity index (χ2v) is 7.22. The number of methoxy groups -OCH3 is 2. The van der Waals surface area contributed by atoms with Gasteiger partial charge in [0.15, 0.2) is 22.8 Å². The van der Waals surface area contributed by atoms with Crippen molar-refractivity contribution in [1.29, 1.82) is 0 Å². The van der Waals surface area contributed by atoms with E-state index in [0.717, 1.165) is 5.75 Å². The maximum Gasteiger partial charge on any atom is 0.344 e. The molecule has 2 N–H and O–H groups in total. The van der Waals surface area contributed by atoms with Crippen LogP contribution in [0.1, 0.15) is 12.5 Å². The summed E-state index contributed by atoms with van der Waals surface area (Å²) in [5.74, 6) is 0.0617. The van der Waals surface area contributed by atoms with Crippen molar-refractivity contribution in [3.8, 4) is 17.2 Å². The number of carbonyl (C=O) groups is 2. The van der Waals surface area contributed by atoms with Crippen LogP contribution >= 0.6 is 11.8 Å². The molecule has 1 saturated heterocycles. The molecule has 0 spiro atoms. The first kappa shape index (κ1) is 21.3. The van der Waals surface area contributed by atoms with Crippen LogP contribution in [-0.2, 0) is 9.59 Å². The molecule has 0 aromatic heterocycles. The number of nitrogens with one attached hydrogen (secondary N) is 1. The monoisotopic (exact) mass is 428 g/mol. The lowest BCUT2D eigenvalue weighted by Crippen LogP contribution is -2.23. The standard InChI is InChI=1S/C21H20N2O6S/c1-12(20(25)26)29-16-9-4-13(10-17(16)28-3)11-18-19(24)23-21(30-18)22-14-5-7-15(27-2)8-6-14/h4-12H,1-3H3,(H,25,26)(H,22,23,24)/b18-11-/t12-/m1/s1. The van der Waals surface area contributed by atoms with Crippen molar-refractivity contribution in [1.82, 2.24) is 5.32 Å². The number of aliphatic imine (C=N–C) groups is 1. The fourth-order valence-electron chi connectivity index (χ4n) is 2.52. The number of nitrogens with zero attached hydrogens (tertiary/aromatic N) is 1. The van der Waals surface area contributed by atoms with Gasteiger partial charge in [-0.3, -0.25) is 4.79 Å². The number of hydrogen-bond donors (Lipinski definition) is 2. The van der Waals surface area contributed by atoms with Gasteiger partial charge in [0.1, 0.15) is 5.75 Å².